The lowest BCUT2D eigenvalue weighted by molar-refractivity contribution is 0.400. The molecule has 1 N–H and O–H groups in total. The molecule has 0 fully saturated rings. The second-order valence-corrected chi connectivity index (χ2v) is 6.08. The molecule has 2 rings (SSSR count). The Bertz CT molecular complexity index is 531. The van der Waals surface area contributed by atoms with Crippen molar-refractivity contribution in [2.45, 2.75) is 19.9 Å². The number of hydrogen-bond donors (Lipinski definition) is 1. The lowest BCUT2D eigenvalue weighted by atomic mass is 10.3. The molecule has 0 amide bonds. The van der Waals surface area contributed by atoms with E-state index in [1.165, 1.54) is 5.69 Å². The summed E-state index contributed by atoms with van der Waals surface area (Å²) in [4.78, 5) is 10.5. The van der Waals surface area contributed by atoms with Crippen molar-refractivity contribution in [2.24, 2.45) is 0 Å². The zero-order valence-corrected chi connectivity index (χ0v) is 13.7. The van der Waals surface area contributed by atoms with E-state index in [4.69, 9.17) is 4.98 Å². The molecular weight excluding hydrogens is 270 g/mol. The Hall–Kier alpha value is -1.11. The van der Waals surface area contributed by atoms with E-state index in [2.05, 4.69) is 52.1 Å². The highest BCUT2D eigenvalue weighted by molar-refractivity contribution is 7.15. The van der Waals surface area contributed by atoms with Crippen LogP contribution in [-0.2, 0) is 6.54 Å². The maximum Gasteiger partial charge on any atom is 0.195 e. The lowest BCUT2D eigenvalue weighted by Crippen LogP contribution is -2.28. The predicted molar refractivity (Wildman–Crippen MR) is 86.9 cm³/mol. The van der Waals surface area contributed by atoms with Crippen molar-refractivity contribution in [3.63, 3.8) is 0 Å². The Labute approximate surface area is 125 Å². The maximum absolute atomic E-state index is 4.81. The molecule has 5 nitrogen and oxygen atoms in total. The molecule has 6 heteroatoms. The van der Waals surface area contributed by atoms with Gasteiger partial charge in [0.1, 0.15) is 0 Å². The molecule has 0 saturated heterocycles. The highest BCUT2D eigenvalue weighted by Crippen LogP contribution is 2.24. The molecule has 0 aliphatic heterocycles. The summed E-state index contributed by atoms with van der Waals surface area (Å²) in [7, 11) is 6.22. The van der Waals surface area contributed by atoms with Crippen LogP contribution in [0.2, 0.25) is 0 Å². The first-order valence-electron chi connectivity index (χ1n) is 7.16. The third-order valence-corrected chi connectivity index (χ3v) is 4.16. The Morgan fingerprint density at radius 1 is 1.35 bits per heavy atom. The molecule has 0 radical (unpaired) electrons. The number of anilines is 1. The first-order valence-corrected chi connectivity index (χ1v) is 8.04. The van der Waals surface area contributed by atoms with Gasteiger partial charge in [-0.3, -0.25) is 4.40 Å². The number of fused-ring (bicyclic) bond motifs is 1. The summed E-state index contributed by atoms with van der Waals surface area (Å²) >= 11 is 1.69. The number of thiazole rings is 1. The standard InChI is InChI=1S/C14H25N5S/c1-5-18(8-6-7-17(3)4)13-12(11-15-2)19-9-10-20-14(19)16-13/h9-10,15H,5-8,11H2,1-4H3. The number of nitrogens with one attached hydrogen (secondary N) is 1. The highest BCUT2D eigenvalue weighted by Gasteiger charge is 2.17. The van der Waals surface area contributed by atoms with Crippen LogP contribution in [0, 0.1) is 0 Å². The summed E-state index contributed by atoms with van der Waals surface area (Å²) in [5.74, 6) is 1.13. The molecule has 0 aliphatic carbocycles. The van der Waals surface area contributed by atoms with Gasteiger partial charge in [-0.15, -0.1) is 11.3 Å². The fourth-order valence-corrected chi connectivity index (χ4v) is 3.13. The average Bonchev–Trinajstić information content (AvgIpc) is 2.98. The van der Waals surface area contributed by atoms with Gasteiger partial charge in [0.25, 0.3) is 0 Å². The van der Waals surface area contributed by atoms with Gasteiger partial charge in [-0.25, -0.2) is 4.98 Å². The van der Waals surface area contributed by atoms with Crippen molar-refractivity contribution in [3.05, 3.63) is 17.3 Å². The fraction of sp³-hybridized carbons (Fsp3) is 0.643. The van der Waals surface area contributed by atoms with Crippen LogP contribution >= 0.6 is 11.3 Å². The van der Waals surface area contributed by atoms with Gasteiger partial charge in [-0.2, -0.15) is 0 Å². The number of imidazole rings is 1. The molecule has 112 valence electrons. The summed E-state index contributed by atoms with van der Waals surface area (Å²) < 4.78 is 2.20. The zero-order valence-electron chi connectivity index (χ0n) is 12.9. The van der Waals surface area contributed by atoms with Crippen LogP contribution in [0.5, 0.6) is 0 Å². The van der Waals surface area contributed by atoms with E-state index in [0.717, 1.165) is 43.4 Å². The summed E-state index contributed by atoms with van der Waals surface area (Å²) in [6, 6.07) is 0. The Morgan fingerprint density at radius 2 is 2.15 bits per heavy atom. The van der Waals surface area contributed by atoms with Crippen molar-refractivity contribution in [1.82, 2.24) is 19.6 Å². The summed E-state index contributed by atoms with van der Waals surface area (Å²) in [6.07, 6.45) is 3.27. The van der Waals surface area contributed by atoms with Crippen molar-refractivity contribution in [1.29, 1.82) is 0 Å². The molecule has 2 aromatic rings. The molecule has 0 atom stereocenters. The monoisotopic (exact) mass is 295 g/mol. The number of rotatable bonds is 8. The molecule has 0 unspecified atom stereocenters. The van der Waals surface area contributed by atoms with E-state index >= 15 is 0 Å². The van der Waals surface area contributed by atoms with Crippen LogP contribution in [0.1, 0.15) is 19.0 Å². The molecule has 0 spiro atoms. The van der Waals surface area contributed by atoms with E-state index in [1.807, 2.05) is 7.05 Å². The fourth-order valence-electron chi connectivity index (χ4n) is 2.40. The number of nitrogens with zero attached hydrogens (tertiary/aromatic N) is 4. The number of aromatic nitrogens is 2. The van der Waals surface area contributed by atoms with Gasteiger partial charge in [-0.05, 0) is 41.0 Å². The largest absolute Gasteiger partial charge is 0.355 e. The van der Waals surface area contributed by atoms with E-state index in [-0.39, 0.29) is 0 Å². The predicted octanol–water partition coefficient (Wildman–Crippen LogP) is 1.89. The van der Waals surface area contributed by atoms with Gasteiger partial charge >= 0.3 is 0 Å². The van der Waals surface area contributed by atoms with Crippen LogP contribution in [0.15, 0.2) is 11.6 Å². The highest BCUT2D eigenvalue weighted by atomic mass is 32.1. The molecule has 2 aromatic heterocycles. The van der Waals surface area contributed by atoms with E-state index < -0.39 is 0 Å². The first kappa shape index (κ1) is 15.3. The van der Waals surface area contributed by atoms with Crippen LogP contribution in [-0.4, -0.2) is 55.1 Å². The SMILES string of the molecule is CCN(CCCN(C)C)c1nc2sccn2c1CNC. The number of hydrogen-bond acceptors (Lipinski definition) is 5. The summed E-state index contributed by atoms with van der Waals surface area (Å²) in [5, 5.41) is 5.35. The third kappa shape index (κ3) is 3.31. The minimum atomic E-state index is 0.845. The van der Waals surface area contributed by atoms with Gasteiger partial charge in [0.2, 0.25) is 0 Å². The van der Waals surface area contributed by atoms with Crippen molar-refractivity contribution in [3.8, 4) is 0 Å². The van der Waals surface area contributed by atoms with E-state index in [0.29, 0.717) is 0 Å². The van der Waals surface area contributed by atoms with E-state index in [9.17, 15) is 0 Å². The van der Waals surface area contributed by atoms with Crippen LogP contribution in [0.25, 0.3) is 4.96 Å². The Kier molecular flexibility index (Phi) is 5.39. The minimum absolute atomic E-state index is 0.845. The topological polar surface area (TPSA) is 35.8 Å². The van der Waals surface area contributed by atoms with Gasteiger partial charge in [-0.1, -0.05) is 0 Å². The Morgan fingerprint density at radius 3 is 2.80 bits per heavy atom. The smallest absolute Gasteiger partial charge is 0.195 e. The molecule has 0 aliphatic rings. The van der Waals surface area contributed by atoms with Crippen molar-refractivity contribution < 1.29 is 0 Å². The van der Waals surface area contributed by atoms with Crippen LogP contribution < -0.4 is 10.2 Å². The second kappa shape index (κ2) is 7.06. The molecule has 0 saturated carbocycles. The summed E-state index contributed by atoms with van der Waals surface area (Å²) in [5.41, 5.74) is 1.26. The quantitative estimate of drug-likeness (QED) is 0.807. The second-order valence-electron chi connectivity index (χ2n) is 5.20. The third-order valence-electron chi connectivity index (χ3n) is 3.40. The van der Waals surface area contributed by atoms with Crippen molar-refractivity contribution in [2.75, 3.05) is 45.7 Å². The maximum atomic E-state index is 4.81. The minimum Gasteiger partial charge on any atom is -0.355 e. The van der Waals surface area contributed by atoms with Crippen LogP contribution in [0.4, 0.5) is 5.82 Å². The molecule has 0 aromatic carbocycles. The van der Waals surface area contributed by atoms with Gasteiger partial charge < -0.3 is 15.1 Å². The Balaban J connectivity index is 2.19. The normalized spacial score (nSPS) is 11.7. The van der Waals surface area contributed by atoms with Crippen LogP contribution in [0.3, 0.4) is 0 Å². The van der Waals surface area contributed by atoms with Crippen molar-refractivity contribution >= 4 is 22.1 Å². The summed E-state index contributed by atoms with van der Waals surface area (Å²) in [6.45, 7) is 6.20. The van der Waals surface area contributed by atoms with Gasteiger partial charge in [0.15, 0.2) is 10.8 Å². The molecule has 0 bridgehead atoms. The molecular formula is C14H25N5S. The van der Waals surface area contributed by atoms with E-state index in [1.54, 1.807) is 11.3 Å². The van der Waals surface area contributed by atoms with Gasteiger partial charge in [0.05, 0.1) is 5.69 Å². The zero-order chi connectivity index (χ0) is 14.5. The molecule has 20 heavy (non-hydrogen) atoms. The van der Waals surface area contributed by atoms with Gasteiger partial charge in [0, 0.05) is 31.2 Å². The first-order chi connectivity index (χ1) is 9.67. The lowest BCUT2D eigenvalue weighted by Gasteiger charge is -2.23. The average molecular weight is 295 g/mol. The molecule has 2 heterocycles.